The molecule has 5 heteroatoms. The first kappa shape index (κ1) is 11.7. The van der Waals surface area contributed by atoms with E-state index in [1.807, 2.05) is 0 Å². The predicted molar refractivity (Wildman–Crippen MR) is 37.7 cm³/mol. The molecule has 0 unspecified atom stereocenters. The van der Waals surface area contributed by atoms with Gasteiger partial charge in [0, 0.05) is 6.61 Å². The second-order valence-corrected chi connectivity index (χ2v) is 2.09. The Bertz CT molecular complexity index is 103. The first-order chi connectivity index (χ1) is 5.56. The monoisotopic (exact) mass is 185 g/mol. The Kier molecular flexibility index (Phi) is 6.10. The van der Waals surface area contributed by atoms with Gasteiger partial charge in [-0.2, -0.15) is 13.2 Å². The molecule has 0 bridgehead atoms. The van der Waals surface area contributed by atoms with Gasteiger partial charge in [0.1, 0.15) is 0 Å². The standard InChI is InChI=1S/C7H12F3O2/c1-2-11-5-6-12-4-3-7(8,9)10/h1-6H2. The zero-order chi connectivity index (χ0) is 9.45. The maximum absolute atomic E-state index is 11.5. The zero-order valence-corrected chi connectivity index (χ0v) is 6.69. The maximum Gasteiger partial charge on any atom is 0.391 e. The van der Waals surface area contributed by atoms with Crippen molar-refractivity contribution < 1.29 is 22.6 Å². The van der Waals surface area contributed by atoms with Gasteiger partial charge in [-0.05, 0) is 6.92 Å². The normalized spacial score (nSPS) is 12.0. The lowest BCUT2D eigenvalue weighted by molar-refractivity contribution is -0.146. The number of alkyl halides is 3. The molecule has 0 aromatic rings. The molecule has 73 valence electrons. The molecular formula is C7H12F3O2. The molecule has 0 aliphatic carbocycles. The Morgan fingerprint density at radius 3 is 2.08 bits per heavy atom. The van der Waals surface area contributed by atoms with Gasteiger partial charge in [0.25, 0.3) is 0 Å². The summed E-state index contributed by atoms with van der Waals surface area (Å²) in [7, 11) is 0. The molecule has 0 amide bonds. The molecule has 0 fully saturated rings. The molecule has 2 nitrogen and oxygen atoms in total. The molecule has 0 aromatic carbocycles. The summed E-state index contributed by atoms with van der Waals surface area (Å²) in [5.74, 6) is 0. The quantitative estimate of drug-likeness (QED) is 0.587. The van der Waals surface area contributed by atoms with Gasteiger partial charge >= 0.3 is 6.18 Å². The van der Waals surface area contributed by atoms with Crippen LogP contribution in [-0.4, -0.2) is 32.6 Å². The van der Waals surface area contributed by atoms with Crippen LogP contribution >= 0.6 is 0 Å². The van der Waals surface area contributed by atoms with Crippen molar-refractivity contribution in [3.8, 4) is 0 Å². The van der Waals surface area contributed by atoms with Crippen LogP contribution in [0.5, 0.6) is 0 Å². The van der Waals surface area contributed by atoms with Gasteiger partial charge in [-0.25, -0.2) is 0 Å². The summed E-state index contributed by atoms with van der Waals surface area (Å²) in [6.45, 7) is 3.87. The van der Waals surface area contributed by atoms with Crippen LogP contribution in [0.3, 0.4) is 0 Å². The summed E-state index contributed by atoms with van der Waals surface area (Å²) >= 11 is 0. The van der Waals surface area contributed by atoms with E-state index < -0.39 is 12.6 Å². The highest BCUT2D eigenvalue weighted by molar-refractivity contribution is 4.47. The van der Waals surface area contributed by atoms with Crippen LogP contribution in [0.1, 0.15) is 6.42 Å². The molecule has 1 radical (unpaired) electrons. The van der Waals surface area contributed by atoms with Crippen molar-refractivity contribution in [2.45, 2.75) is 12.6 Å². The van der Waals surface area contributed by atoms with Crippen molar-refractivity contribution in [1.82, 2.24) is 0 Å². The summed E-state index contributed by atoms with van der Waals surface area (Å²) in [6, 6.07) is 0. The van der Waals surface area contributed by atoms with Crippen LogP contribution in [0.2, 0.25) is 0 Å². The first-order valence-electron chi connectivity index (χ1n) is 3.58. The van der Waals surface area contributed by atoms with E-state index in [2.05, 4.69) is 11.7 Å². The summed E-state index contributed by atoms with van der Waals surface area (Å²) in [5.41, 5.74) is 0. The van der Waals surface area contributed by atoms with Crippen molar-refractivity contribution in [2.75, 3.05) is 26.4 Å². The molecular weight excluding hydrogens is 173 g/mol. The number of halogens is 3. The molecule has 0 aliphatic rings. The fourth-order valence-corrected chi connectivity index (χ4v) is 0.510. The van der Waals surface area contributed by atoms with E-state index >= 15 is 0 Å². The van der Waals surface area contributed by atoms with Crippen LogP contribution in [-0.2, 0) is 9.47 Å². The minimum absolute atomic E-state index is 0.186. The number of hydrogen-bond donors (Lipinski definition) is 0. The Morgan fingerprint density at radius 2 is 1.58 bits per heavy atom. The largest absolute Gasteiger partial charge is 0.391 e. The molecule has 0 heterocycles. The van der Waals surface area contributed by atoms with Gasteiger partial charge in [0.2, 0.25) is 0 Å². The van der Waals surface area contributed by atoms with E-state index in [1.165, 1.54) is 0 Å². The SMILES string of the molecule is [CH2]COCCOCCC(F)(F)F. The van der Waals surface area contributed by atoms with E-state index in [9.17, 15) is 13.2 Å². The van der Waals surface area contributed by atoms with Crippen molar-refractivity contribution >= 4 is 0 Å². The smallest absolute Gasteiger partial charge is 0.379 e. The molecule has 12 heavy (non-hydrogen) atoms. The predicted octanol–water partition coefficient (Wildman–Crippen LogP) is 1.81. The fraction of sp³-hybridized carbons (Fsp3) is 0.857. The van der Waals surface area contributed by atoms with Gasteiger partial charge < -0.3 is 9.47 Å². The third kappa shape index (κ3) is 9.71. The first-order valence-corrected chi connectivity index (χ1v) is 3.58. The fourth-order valence-electron chi connectivity index (χ4n) is 0.510. The molecule has 0 saturated carbocycles. The highest BCUT2D eigenvalue weighted by Gasteiger charge is 2.26. The summed E-state index contributed by atoms with van der Waals surface area (Å²) < 4.78 is 43.9. The third-order valence-electron chi connectivity index (χ3n) is 1.05. The maximum atomic E-state index is 11.5. The Labute approximate surface area is 69.7 Å². The Balaban J connectivity index is 3.01. The number of hydrogen-bond acceptors (Lipinski definition) is 2. The molecule has 0 aliphatic heterocycles. The molecule has 0 N–H and O–H groups in total. The number of rotatable bonds is 6. The lowest BCUT2D eigenvalue weighted by Crippen LogP contribution is -2.13. The van der Waals surface area contributed by atoms with E-state index in [0.29, 0.717) is 13.2 Å². The van der Waals surface area contributed by atoms with Crippen LogP contribution in [0.4, 0.5) is 13.2 Å². The molecule has 0 atom stereocenters. The average Bonchev–Trinajstić information content (AvgIpc) is 1.94. The van der Waals surface area contributed by atoms with Crippen molar-refractivity contribution in [3.63, 3.8) is 0 Å². The second kappa shape index (κ2) is 6.25. The molecule has 0 aromatic heterocycles. The lowest BCUT2D eigenvalue weighted by Gasteiger charge is -2.06. The van der Waals surface area contributed by atoms with Crippen LogP contribution in [0.15, 0.2) is 0 Å². The van der Waals surface area contributed by atoms with Crippen molar-refractivity contribution in [3.05, 3.63) is 6.92 Å². The lowest BCUT2D eigenvalue weighted by atomic mass is 10.4. The zero-order valence-electron chi connectivity index (χ0n) is 6.69. The van der Waals surface area contributed by atoms with Crippen molar-refractivity contribution in [1.29, 1.82) is 0 Å². The van der Waals surface area contributed by atoms with Crippen LogP contribution in [0.25, 0.3) is 0 Å². The Morgan fingerprint density at radius 1 is 1.00 bits per heavy atom. The van der Waals surface area contributed by atoms with Gasteiger partial charge in [-0.15, -0.1) is 0 Å². The topological polar surface area (TPSA) is 18.5 Å². The summed E-state index contributed by atoms with van der Waals surface area (Å²) in [6.07, 6.45) is -5.04. The minimum Gasteiger partial charge on any atom is -0.379 e. The molecule has 0 spiro atoms. The van der Waals surface area contributed by atoms with Crippen molar-refractivity contribution in [2.24, 2.45) is 0 Å². The van der Waals surface area contributed by atoms with Crippen LogP contribution in [0, 0.1) is 6.92 Å². The van der Waals surface area contributed by atoms with E-state index in [-0.39, 0.29) is 13.2 Å². The summed E-state index contributed by atoms with van der Waals surface area (Å²) in [5, 5.41) is 0. The number of ether oxygens (including phenoxy) is 2. The Hall–Kier alpha value is -0.290. The van der Waals surface area contributed by atoms with Gasteiger partial charge in [0.05, 0.1) is 26.2 Å². The minimum atomic E-state index is -4.13. The molecule has 0 rings (SSSR count). The van der Waals surface area contributed by atoms with E-state index in [1.54, 1.807) is 0 Å². The third-order valence-corrected chi connectivity index (χ3v) is 1.05. The second-order valence-electron chi connectivity index (χ2n) is 2.09. The van der Waals surface area contributed by atoms with Gasteiger partial charge in [-0.3, -0.25) is 0 Å². The van der Waals surface area contributed by atoms with Gasteiger partial charge in [0.15, 0.2) is 0 Å². The highest BCUT2D eigenvalue weighted by atomic mass is 19.4. The van der Waals surface area contributed by atoms with E-state index in [0.717, 1.165) is 0 Å². The molecule has 0 saturated heterocycles. The van der Waals surface area contributed by atoms with Crippen LogP contribution < -0.4 is 0 Å². The summed E-state index contributed by atoms with van der Waals surface area (Å²) in [4.78, 5) is 0. The average molecular weight is 185 g/mol. The highest BCUT2D eigenvalue weighted by Crippen LogP contribution is 2.18. The van der Waals surface area contributed by atoms with E-state index in [4.69, 9.17) is 4.74 Å². The van der Waals surface area contributed by atoms with Gasteiger partial charge in [-0.1, -0.05) is 0 Å².